The van der Waals surface area contributed by atoms with Gasteiger partial charge in [0.15, 0.2) is 11.5 Å². The number of para-hydroxylation sites is 1. The highest BCUT2D eigenvalue weighted by atomic mass is 19.1. The van der Waals surface area contributed by atoms with Crippen molar-refractivity contribution >= 4 is 11.6 Å². The predicted octanol–water partition coefficient (Wildman–Crippen LogP) is 3.31. The number of anilines is 1. The van der Waals surface area contributed by atoms with Crippen LogP contribution in [0.4, 0.5) is 14.5 Å². The molecule has 1 N–H and O–H groups in total. The molecule has 6 heteroatoms. The average Bonchev–Trinajstić information content (AvgIpc) is 2.76. The molecular formula is C17H15F2NO3. The molecular weight excluding hydrogens is 304 g/mol. The molecule has 1 amide bonds. The number of rotatable bonds is 3. The molecule has 0 atom stereocenters. The van der Waals surface area contributed by atoms with E-state index in [1.54, 1.807) is 18.2 Å². The zero-order valence-electron chi connectivity index (χ0n) is 12.3. The summed E-state index contributed by atoms with van der Waals surface area (Å²) in [4.78, 5) is 12.0. The van der Waals surface area contributed by atoms with Crippen LogP contribution < -0.4 is 14.8 Å². The van der Waals surface area contributed by atoms with E-state index in [2.05, 4.69) is 5.32 Å². The fourth-order valence-electron chi connectivity index (χ4n) is 2.30. The number of fused-ring (bicyclic) bond motifs is 1. The Bertz CT molecular complexity index is 714. The average molecular weight is 319 g/mol. The van der Waals surface area contributed by atoms with E-state index in [-0.39, 0.29) is 6.42 Å². The molecule has 0 unspecified atom stereocenters. The SMILES string of the molecule is O=C(Cc1ccc2c(c1)OCCCO2)Nc1c(F)cccc1F. The van der Waals surface area contributed by atoms with E-state index in [4.69, 9.17) is 9.47 Å². The van der Waals surface area contributed by atoms with Crippen molar-refractivity contribution in [3.63, 3.8) is 0 Å². The molecule has 0 fully saturated rings. The molecule has 0 aliphatic carbocycles. The first kappa shape index (κ1) is 15.3. The van der Waals surface area contributed by atoms with Gasteiger partial charge in [0.25, 0.3) is 0 Å². The van der Waals surface area contributed by atoms with Crippen molar-refractivity contribution in [3.8, 4) is 11.5 Å². The molecule has 120 valence electrons. The largest absolute Gasteiger partial charge is 0.490 e. The van der Waals surface area contributed by atoms with Crippen molar-refractivity contribution in [2.45, 2.75) is 12.8 Å². The van der Waals surface area contributed by atoms with Crippen molar-refractivity contribution in [2.75, 3.05) is 18.5 Å². The van der Waals surface area contributed by atoms with Gasteiger partial charge in [-0.05, 0) is 29.8 Å². The summed E-state index contributed by atoms with van der Waals surface area (Å²) in [5.41, 5.74) is 0.232. The molecule has 0 radical (unpaired) electrons. The van der Waals surface area contributed by atoms with Crippen LogP contribution in [0.5, 0.6) is 11.5 Å². The normalized spacial score (nSPS) is 13.3. The third-order valence-electron chi connectivity index (χ3n) is 3.40. The van der Waals surface area contributed by atoms with Gasteiger partial charge in [-0.15, -0.1) is 0 Å². The number of carbonyl (C=O) groups excluding carboxylic acids is 1. The van der Waals surface area contributed by atoms with Gasteiger partial charge in [0, 0.05) is 6.42 Å². The molecule has 0 bridgehead atoms. The Hall–Kier alpha value is -2.63. The number of carbonyl (C=O) groups is 1. The summed E-state index contributed by atoms with van der Waals surface area (Å²) in [6.07, 6.45) is 0.765. The summed E-state index contributed by atoms with van der Waals surface area (Å²) in [7, 11) is 0. The zero-order chi connectivity index (χ0) is 16.2. The van der Waals surface area contributed by atoms with Gasteiger partial charge in [0.2, 0.25) is 5.91 Å². The summed E-state index contributed by atoms with van der Waals surface area (Å²) < 4.78 is 38.1. The second kappa shape index (κ2) is 6.64. The van der Waals surface area contributed by atoms with Gasteiger partial charge in [-0.1, -0.05) is 12.1 Å². The fourth-order valence-corrected chi connectivity index (χ4v) is 2.30. The predicted molar refractivity (Wildman–Crippen MR) is 80.7 cm³/mol. The third-order valence-corrected chi connectivity index (χ3v) is 3.40. The van der Waals surface area contributed by atoms with E-state index < -0.39 is 23.2 Å². The van der Waals surface area contributed by atoms with Gasteiger partial charge < -0.3 is 14.8 Å². The van der Waals surface area contributed by atoms with E-state index >= 15 is 0 Å². The quantitative estimate of drug-likeness (QED) is 0.944. The highest BCUT2D eigenvalue weighted by Gasteiger charge is 2.15. The number of hydrogen-bond donors (Lipinski definition) is 1. The molecule has 0 aromatic heterocycles. The van der Waals surface area contributed by atoms with Crippen LogP contribution in [0.2, 0.25) is 0 Å². The smallest absolute Gasteiger partial charge is 0.228 e. The Morgan fingerprint density at radius 1 is 1.04 bits per heavy atom. The van der Waals surface area contributed by atoms with Crippen LogP contribution in [0.3, 0.4) is 0 Å². The maximum atomic E-state index is 13.5. The van der Waals surface area contributed by atoms with Crippen molar-refractivity contribution in [3.05, 3.63) is 53.6 Å². The van der Waals surface area contributed by atoms with E-state index in [1.807, 2.05) is 0 Å². The number of ether oxygens (including phenoxy) is 2. The summed E-state index contributed by atoms with van der Waals surface area (Å²) >= 11 is 0. The van der Waals surface area contributed by atoms with Gasteiger partial charge in [0.05, 0.1) is 19.6 Å². The van der Waals surface area contributed by atoms with Gasteiger partial charge >= 0.3 is 0 Å². The van der Waals surface area contributed by atoms with E-state index in [0.29, 0.717) is 30.3 Å². The third kappa shape index (κ3) is 3.59. The van der Waals surface area contributed by atoms with Crippen molar-refractivity contribution in [1.82, 2.24) is 0 Å². The van der Waals surface area contributed by atoms with Gasteiger partial charge in [0.1, 0.15) is 17.3 Å². The highest BCUT2D eigenvalue weighted by Crippen LogP contribution is 2.30. The van der Waals surface area contributed by atoms with Crippen molar-refractivity contribution < 1.29 is 23.0 Å². The molecule has 0 saturated carbocycles. The summed E-state index contributed by atoms with van der Waals surface area (Å²) in [5, 5.41) is 2.26. The van der Waals surface area contributed by atoms with Crippen LogP contribution in [0.25, 0.3) is 0 Å². The van der Waals surface area contributed by atoms with Crippen LogP contribution >= 0.6 is 0 Å². The molecule has 23 heavy (non-hydrogen) atoms. The second-order valence-corrected chi connectivity index (χ2v) is 5.15. The first-order valence-corrected chi connectivity index (χ1v) is 7.26. The summed E-state index contributed by atoms with van der Waals surface area (Å²) in [5.74, 6) is -0.922. The Morgan fingerprint density at radius 3 is 2.48 bits per heavy atom. The molecule has 1 aliphatic heterocycles. The number of amides is 1. The molecule has 4 nitrogen and oxygen atoms in total. The topological polar surface area (TPSA) is 47.6 Å². The first-order chi connectivity index (χ1) is 11.1. The van der Waals surface area contributed by atoms with Crippen LogP contribution in [-0.2, 0) is 11.2 Å². The van der Waals surface area contributed by atoms with Crippen LogP contribution in [0, 0.1) is 11.6 Å². The van der Waals surface area contributed by atoms with Gasteiger partial charge in [-0.25, -0.2) is 8.78 Å². The number of hydrogen-bond acceptors (Lipinski definition) is 3. The lowest BCUT2D eigenvalue weighted by Gasteiger charge is -2.10. The van der Waals surface area contributed by atoms with Crippen molar-refractivity contribution in [1.29, 1.82) is 0 Å². The Labute approximate surface area is 132 Å². The number of nitrogens with one attached hydrogen (secondary N) is 1. The molecule has 1 heterocycles. The lowest BCUT2D eigenvalue weighted by molar-refractivity contribution is -0.115. The van der Waals surface area contributed by atoms with Crippen LogP contribution in [-0.4, -0.2) is 19.1 Å². The summed E-state index contributed by atoms with van der Waals surface area (Å²) in [6, 6.07) is 8.58. The van der Waals surface area contributed by atoms with Crippen LogP contribution in [0.15, 0.2) is 36.4 Å². The standard InChI is InChI=1S/C17H15F2NO3/c18-12-3-1-4-13(19)17(12)20-16(21)10-11-5-6-14-15(9-11)23-8-2-7-22-14/h1,3-6,9H,2,7-8,10H2,(H,20,21). The van der Waals surface area contributed by atoms with Crippen LogP contribution in [0.1, 0.15) is 12.0 Å². The number of halogens is 2. The molecule has 0 saturated heterocycles. The Kier molecular flexibility index (Phi) is 4.41. The maximum Gasteiger partial charge on any atom is 0.228 e. The minimum absolute atomic E-state index is 0.0234. The molecule has 2 aromatic carbocycles. The van der Waals surface area contributed by atoms with Crippen molar-refractivity contribution in [2.24, 2.45) is 0 Å². The molecule has 3 rings (SSSR count). The Morgan fingerprint density at radius 2 is 1.74 bits per heavy atom. The minimum Gasteiger partial charge on any atom is -0.490 e. The number of benzene rings is 2. The lowest BCUT2D eigenvalue weighted by atomic mass is 10.1. The van der Waals surface area contributed by atoms with E-state index in [1.165, 1.54) is 6.07 Å². The fraction of sp³-hybridized carbons (Fsp3) is 0.235. The zero-order valence-corrected chi connectivity index (χ0v) is 12.3. The lowest BCUT2D eigenvalue weighted by Crippen LogP contribution is -2.16. The maximum absolute atomic E-state index is 13.5. The van der Waals surface area contributed by atoms with E-state index in [9.17, 15) is 13.6 Å². The monoisotopic (exact) mass is 319 g/mol. The Balaban J connectivity index is 1.72. The van der Waals surface area contributed by atoms with Gasteiger partial charge in [-0.2, -0.15) is 0 Å². The minimum atomic E-state index is -0.808. The molecule has 2 aromatic rings. The second-order valence-electron chi connectivity index (χ2n) is 5.15. The van der Waals surface area contributed by atoms with Gasteiger partial charge in [-0.3, -0.25) is 4.79 Å². The molecule has 0 spiro atoms. The summed E-state index contributed by atoms with van der Waals surface area (Å²) in [6.45, 7) is 1.13. The van der Waals surface area contributed by atoms with E-state index in [0.717, 1.165) is 18.6 Å². The highest BCUT2D eigenvalue weighted by molar-refractivity contribution is 5.92. The first-order valence-electron chi connectivity index (χ1n) is 7.26. The molecule has 1 aliphatic rings.